The molecule has 0 spiro atoms. The number of nitrogens with zero attached hydrogens (tertiary/aromatic N) is 2. The Kier molecular flexibility index (Phi) is 3.51. The molecule has 0 aliphatic carbocycles. The van der Waals surface area contributed by atoms with Gasteiger partial charge < -0.3 is 9.80 Å². The lowest BCUT2D eigenvalue weighted by atomic mass is 10.4. The predicted molar refractivity (Wildman–Crippen MR) is 67.0 cm³/mol. The van der Waals surface area contributed by atoms with E-state index in [-0.39, 0.29) is 11.2 Å². The standard InChI is InChI=1S/C10H16N2OS2/c1-11-7-4-8(9(11)13)15-10(14)12-5-2-3-6-12/h8H,2-7H2,1H3/t8-/m1/s1. The third-order valence-corrected chi connectivity index (χ3v) is 4.71. The highest BCUT2D eigenvalue weighted by atomic mass is 32.2. The van der Waals surface area contributed by atoms with Gasteiger partial charge >= 0.3 is 0 Å². The van der Waals surface area contributed by atoms with Crippen LogP contribution >= 0.6 is 24.0 Å². The summed E-state index contributed by atoms with van der Waals surface area (Å²) in [6.07, 6.45) is 3.41. The van der Waals surface area contributed by atoms with E-state index in [1.807, 2.05) is 7.05 Å². The Morgan fingerprint density at radius 3 is 2.60 bits per heavy atom. The van der Waals surface area contributed by atoms with Crippen molar-refractivity contribution in [1.29, 1.82) is 0 Å². The van der Waals surface area contributed by atoms with Gasteiger partial charge in [-0.3, -0.25) is 4.79 Å². The molecule has 5 heteroatoms. The zero-order valence-corrected chi connectivity index (χ0v) is 10.6. The molecule has 0 radical (unpaired) electrons. The Morgan fingerprint density at radius 2 is 2.07 bits per heavy atom. The van der Waals surface area contributed by atoms with E-state index in [0.717, 1.165) is 30.4 Å². The third-order valence-electron chi connectivity index (χ3n) is 2.99. The second-order valence-electron chi connectivity index (χ2n) is 4.12. The highest BCUT2D eigenvalue weighted by molar-refractivity contribution is 8.23. The number of thioether (sulfide) groups is 1. The summed E-state index contributed by atoms with van der Waals surface area (Å²) in [5, 5.41) is 0.0723. The minimum Gasteiger partial charge on any atom is -0.358 e. The number of thiocarbonyl (C=S) groups is 1. The van der Waals surface area contributed by atoms with Crippen molar-refractivity contribution >= 4 is 34.2 Å². The number of likely N-dealkylation sites (tertiary alicyclic amines) is 2. The zero-order chi connectivity index (χ0) is 10.8. The van der Waals surface area contributed by atoms with Crippen molar-refractivity contribution in [2.24, 2.45) is 0 Å². The molecule has 0 bridgehead atoms. The molecule has 0 N–H and O–H groups in total. The van der Waals surface area contributed by atoms with Gasteiger partial charge in [-0.15, -0.1) is 0 Å². The summed E-state index contributed by atoms with van der Waals surface area (Å²) in [6, 6.07) is 0. The molecule has 2 aliphatic heterocycles. The van der Waals surface area contributed by atoms with E-state index in [1.54, 1.807) is 16.7 Å². The molecule has 2 fully saturated rings. The molecular weight excluding hydrogens is 228 g/mol. The molecule has 1 atom stereocenters. The minimum atomic E-state index is 0.0723. The molecule has 0 aromatic rings. The van der Waals surface area contributed by atoms with Crippen LogP contribution in [0.2, 0.25) is 0 Å². The Hall–Kier alpha value is -0.290. The molecule has 0 saturated carbocycles. The molecule has 2 saturated heterocycles. The summed E-state index contributed by atoms with van der Waals surface area (Å²) in [5.41, 5.74) is 0. The SMILES string of the molecule is CN1CC[C@@H](SC(=S)N2CCCC2)C1=O. The van der Waals surface area contributed by atoms with Crippen LogP contribution in [0.3, 0.4) is 0 Å². The van der Waals surface area contributed by atoms with Gasteiger partial charge in [0, 0.05) is 26.7 Å². The Morgan fingerprint density at radius 1 is 1.40 bits per heavy atom. The van der Waals surface area contributed by atoms with E-state index in [2.05, 4.69) is 4.90 Å². The Balaban J connectivity index is 1.86. The Bertz CT molecular complexity index is 277. The smallest absolute Gasteiger partial charge is 0.235 e. The van der Waals surface area contributed by atoms with Gasteiger partial charge in [0.25, 0.3) is 0 Å². The van der Waals surface area contributed by atoms with E-state index in [1.165, 1.54) is 12.8 Å². The zero-order valence-electron chi connectivity index (χ0n) is 8.94. The fourth-order valence-electron chi connectivity index (χ4n) is 2.00. The third kappa shape index (κ3) is 2.45. The fraction of sp³-hybridized carbons (Fsp3) is 0.800. The number of amides is 1. The first-order valence-corrected chi connectivity index (χ1v) is 6.68. The van der Waals surface area contributed by atoms with Crippen LogP contribution in [-0.4, -0.2) is 52.0 Å². The number of carbonyl (C=O) groups excluding carboxylic acids is 1. The number of carbonyl (C=O) groups is 1. The summed E-state index contributed by atoms with van der Waals surface area (Å²) in [7, 11) is 1.86. The van der Waals surface area contributed by atoms with Crippen LogP contribution in [0.1, 0.15) is 19.3 Å². The predicted octanol–water partition coefficient (Wildman–Crippen LogP) is 1.33. The van der Waals surface area contributed by atoms with Gasteiger partial charge in [-0.2, -0.15) is 0 Å². The van der Waals surface area contributed by atoms with Crippen molar-refractivity contribution in [2.45, 2.75) is 24.5 Å². The average molecular weight is 244 g/mol. The molecule has 0 aromatic heterocycles. The molecule has 2 rings (SSSR count). The first kappa shape index (κ1) is 11.2. The molecule has 1 amide bonds. The van der Waals surface area contributed by atoms with E-state index in [9.17, 15) is 4.79 Å². The van der Waals surface area contributed by atoms with Crippen molar-refractivity contribution in [3.8, 4) is 0 Å². The van der Waals surface area contributed by atoms with E-state index < -0.39 is 0 Å². The number of rotatable bonds is 1. The van der Waals surface area contributed by atoms with Gasteiger partial charge in [-0.25, -0.2) is 0 Å². The van der Waals surface area contributed by atoms with Gasteiger partial charge in [-0.05, 0) is 19.3 Å². The van der Waals surface area contributed by atoms with Crippen molar-refractivity contribution < 1.29 is 4.79 Å². The summed E-state index contributed by atoms with van der Waals surface area (Å²) in [4.78, 5) is 15.7. The van der Waals surface area contributed by atoms with Gasteiger partial charge in [0.2, 0.25) is 5.91 Å². The summed E-state index contributed by atoms with van der Waals surface area (Å²) >= 11 is 6.94. The average Bonchev–Trinajstić information content (AvgIpc) is 2.83. The van der Waals surface area contributed by atoms with Gasteiger partial charge in [0.15, 0.2) is 0 Å². The van der Waals surface area contributed by atoms with Crippen LogP contribution in [0.4, 0.5) is 0 Å². The van der Waals surface area contributed by atoms with Crippen LogP contribution < -0.4 is 0 Å². The first-order chi connectivity index (χ1) is 7.18. The molecule has 0 unspecified atom stereocenters. The maximum atomic E-state index is 11.7. The molecule has 0 aromatic carbocycles. The Labute approximate surface area is 100 Å². The van der Waals surface area contributed by atoms with E-state index in [4.69, 9.17) is 12.2 Å². The van der Waals surface area contributed by atoms with Crippen LogP contribution in [-0.2, 0) is 4.79 Å². The quantitative estimate of drug-likeness (QED) is 0.649. The van der Waals surface area contributed by atoms with Crippen molar-refractivity contribution in [1.82, 2.24) is 9.80 Å². The highest BCUT2D eigenvalue weighted by Gasteiger charge is 2.31. The van der Waals surface area contributed by atoms with Crippen molar-refractivity contribution in [2.75, 3.05) is 26.7 Å². The lowest BCUT2D eigenvalue weighted by Crippen LogP contribution is -2.29. The van der Waals surface area contributed by atoms with Crippen molar-refractivity contribution in [3.63, 3.8) is 0 Å². The lowest BCUT2D eigenvalue weighted by molar-refractivity contribution is -0.126. The maximum Gasteiger partial charge on any atom is 0.235 e. The van der Waals surface area contributed by atoms with Crippen LogP contribution in [0.25, 0.3) is 0 Å². The van der Waals surface area contributed by atoms with Gasteiger partial charge in [-0.1, -0.05) is 24.0 Å². The molecule has 15 heavy (non-hydrogen) atoms. The topological polar surface area (TPSA) is 23.6 Å². The molecule has 3 nitrogen and oxygen atoms in total. The van der Waals surface area contributed by atoms with Crippen molar-refractivity contribution in [3.05, 3.63) is 0 Å². The molecule has 2 aliphatic rings. The second-order valence-corrected chi connectivity index (χ2v) is 5.95. The minimum absolute atomic E-state index is 0.0723. The van der Waals surface area contributed by atoms with E-state index >= 15 is 0 Å². The van der Waals surface area contributed by atoms with Gasteiger partial charge in [0.05, 0.1) is 5.25 Å². The lowest BCUT2D eigenvalue weighted by Gasteiger charge is -2.19. The molecule has 84 valence electrons. The second kappa shape index (κ2) is 4.70. The monoisotopic (exact) mass is 244 g/mol. The summed E-state index contributed by atoms with van der Waals surface area (Å²) in [5.74, 6) is 0.238. The molecule has 2 heterocycles. The van der Waals surface area contributed by atoms with E-state index in [0.29, 0.717) is 0 Å². The first-order valence-electron chi connectivity index (χ1n) is 5.39. The fourth-order valence-corrected chi connectivity index (χ4v) is 3.61. The summed E-state index contributed by atoms with van der Waals surface area (Å²) < 4.78 is 0.918. The van der Waals surface area contributed by atoms with Crippen LogP contribution in [0.5, 0.6) is 0 Å². The normalized spacial score (nSPS) is 26.5. The maximum absolute atomic E-state index is 11.7. The highest BCUT2D eigenvalue weighted by Crippen LogP contribution is 2.27. The molecular formula is C10H16N2OS2. The van der Waals surface area contributed by atoms with Gasteiger partial charge in [0.1, 0.15) is 4.32 Å². The number of hydrogen-bond donors (Lipinski definition) is 0. The summed E-state index contributed by atoms with van der Waals surface area (Å²) in [6.45, 7) is 3.02. The largest absolute Gasteiger partial charge is 0.358 e. The van der Waals surface area contributed by atoms with Crippen LogP contribution in [0.15, 0.2) is 0 Å². The van der Waals surface area contributed by atoms with Crippen LogP contribution in [0, 0.1) is 0 Å². The number of hydrogen-bond acceptors (Lipinski definition) is 3.